The topological polar surface area (TPSA) is 76.4 Å². The molecule has 0 amide bonds. The largest absolute Gasteiger partial charge is 0.506 e. The van der Waals surface area contributed by atoms with Crippen molar-refractivity contribution in [3.63, 3.8) is 0 Å². The smallest absolute Gasteiger partial charge is 0.0741 e. The predicted octanol–water partition coefficient (Wildman–Crippen LogP) is 2.41. The maximum atomic E-state index is 9.59. The minimum absolute atomic E-state index is 0. The van der Waals surface area contributed by atoms with E-state index < -0.39 is 5.60 Å². The fraction of sp³-hybridized carbons (Fsp3) is 0.833. The monoisotopic (exact) mass is 397 g/mol. The molecule has 1 heterocycles. The Morgan fingerprint density at radius 3 is 1.48 bits per heavy atom. The van der Waals surface area contributed by atoms with Gasteiger partial charge in [0.2, 0.25) is 0 Å². The van der Waals surface area contributed by atoms with Gasteiger partial charge in [0.1, 0.15) is 0 Å². The fourth-order valence-corrected chi connectivity index (χ4v) is 1.26. The van der Waals surface area contributed by atoms with Gasteiger partial charge in [-0.25, -0.2) is 0 Å². The Morgan fingerprint density at radius 1 is 0.960 bits per heavy atom. The third kappa shape index (κ3) is 35.8. The summed E-state index contributed by atoms with van der Waals surface area (Å²) >= 11 is 0. The van der Waals surface area contributed by atoms with Crippen LogP contribution in [0.4, 0.5) is 0 Å². The van der Waals surface area contributed by atoms with Gasteiger partial charge in [-0.2, -0.15) is 6.67 Å². The van der Waals surface area contributed by atoms with Crippen LogP contribution in [-0.4, -0.2) is 69.7 Å². The number of rotatable bonds is 3. The van der Waals surface area contributed by atoms with Gasteiger partial charge in [-0.05, 0) is 73.8 Å². The number of aliphatic hydroxyl groups is 3. The molecule has 0 atom stereocenters. The summed E-state index contributed by atoms with van der Waals surface area (Å²) in [5.41, 5.74) is -0.645. The van der Waals surface area contributed by atoms with Gasteiger partial charge in [-0.15, -0.1) is 0 Å². The van der Waals surface area contributed by atoms with Gasteiger partial charge in [0.05, 0.1) is 5.60 Å². The van der Waals surface area contributed by atoms with E-state index in [1.165, 1.54) is 0 Å². The predicted molar refractivity (Wildman–Crippen MR) is 101 cm³/mol. The van der Waals surface area contributed by atoms with Gasteiger partial charge >= 0.3 is 0 Å². The van der Waals surface area contributed by atoms with E-state index in [0.29, 0.717) is 12.6 Å². The Labute approximate surface area is 170 Å². The zero-order valence-corrected chi connectivity index (χ0v) is 19.4. The quantitative estimate of drug-likeness (QED) is 0.502. The van der Waals surface area contributed by atoms with Crippen LogP contribution in [0, 0.1) is 6.67 Å². The zero-order valence-electron chi connectivity index (χ0n) is 17.8. The van der Waals surface area contributed by atoms with Crippen molar-refractivity contribution in [1.82, 2.24) is 9.80 Å². The maximum Gasteiger partial charge on any atom is 0.0741 e. The van der Waals surface area contributed by atoms with Crippen LogP contribution in [0.2, 0.25) is 0 Å². The average molecular weight is 397 g/mol. The molecule has 0 aliphatic carbocycles. The van der Waals surface area contributed by atoms with Crippen LogP contribution in [-0.2, 0) is 26.5 Å². The molecule has 0 aromatic rings. The average Bonchev–Trinajstić information content (AvgIpc) is 2.74. The van der Waals surface area contributed by atoms with Crippen LogP contribution in [0.15, 0.2) is 12.4 Å². The van der Waals surface area contributed by atoms with Crippen LogP contribution in [0.5, 0.6) is 0 Å². The van der Waals surface area contributed by atoms with E-state index >= 15 is 0 Å². The van der Waals surface area contributed by atoms with Crippen LogP contribution in [0.3, 0.4) is 0 Å². The molecule has 152 valence electrons. The minimum atomic E-state index is -0.645. The Kier molecular flexibility index (Phi) is 24.3. The molecule has 0 fully saturated rings. The summed E-state index contributed by atoms with van der Waals surface area (Å²) in [6.07, 6.45) is 3.67. The van der Waals surface area contributed by atoms with Crippen molar-refractivity contribution in [1.29, 1.82) is 0 Å². The van der Waals surface area contributed by atoms with Crippen molar-refractivity contribution in [2.75, 3.05) is 20.8 Å². The first kappa shape index (κ1) is 32.6. The Hall–Kier alpha value is -0.106. The van der Waals surface area contributed by atoms with Gasteiger partial charge in [0.15, 0.2) is 0 Å². The Morgan fingerprint density at radius 2 is 1.28 bits per heavy atom. The molecule has 0 spiro atoms. The Bertz CT molecular complexity index is 282. The summed E-state index contributed by atoms with van der Waals surface area (Å²) < 4.78 is 4.25. The van der Waals surface area contributed by atoms with E-state index in [0.717, 1.165) is 0 Å². The zero-order chi connectivity index (χ0) is 19.9. The standard InChI is InChI=1S/C10H19N2O.2C3H8O.C2H6O.Ti/c1-9(2)12-6-5-11(8-12)7-10(3,4)13;2*1-3(2)4;1-3-2;/h5-6,8-9,13H,7H2,1-4H3;2*3-4H,1-2H3;1-2H3;/q-1;;;;. The molecule has 0 radical (unpaired) electrons. The molecule has 0 saturated carbocycles. The first-order valence-electron chi connectivity index (χ1n) is 8.31. The molecule has 25 heavy (non-hydrogen) atoms. The molecule has 1 aliphatic heterocycles. The molecule has 6 nitrogen and oxygen atoms in total. The Balaban J connectivity index is -0.000000153. The number of ether oxygens (including phenoxy) is 1. The maximum absolute atomic E-state index is 9.59. The molecular weight excluding hydrogens is 356 g/mol. The van der Waals surface area contributed by atoms with Crippen LogP contribution < -0.4 is 0 Å². The van der Waals surface area contributed by atoms with Crippen molar-refractivity contribution in [3.05, 3.63) is 19.1 Å². The van der Waals surface area contributed by atoms with Crippen LogP contribution >= 0.6 is 0 Å². The van der Waals surface area contributed by atoms with E-state index in [-0.39, 0.29) is 33.9 Å². The van der Waals surface area contributed by atoms with Gasteiger partial charge in [0, 0.05) is 54.7 Å². The van der Waals surface area contributed by atoms with E-state index in [4.69, 9.17) is 10.2 Å². The SMILES string of the molecule is CC(C)N1C=CN(CC(C)(C)O)[CH-]1.CC(C)O.CC(C)O.COC.[Ti]. The summed E-state index contributed by atoms with van der Waals surface area (Å²) in [7, 11) is 3.25. The van der Waals surface area contributed by atoms with Crippen LogP contribution in [0.25, 0.3) is 0 Å². The first-order valence-corrected chi connectivity index (χ1v) is 8.31. The number of hydrogen-bond acceptors (Lipinski definition) is 6. The number of methoxy groups -OCH3 is 1. The normalized spacial score (nSPS) is 12.8. The number of nitrogens with zero attached hydrogens (tertiary/aromatic N) is 2. The van der Waals surface area contributed by atoms with Crippen molar-refractivity contribution in [3.8, 4) is 0 Å². The molecular formula is C18H41N2O4Ti-. The molecule has 0 bridgehead atoms. The van der Waals surface area contributed by atoms with E-state index in [1.54, 1.807) is 41.9 Å². The molecule has 0 saturated heterocycles. The van der Waals surface area contributed by atoms with Gasteiger partial charge in [0.25, 0.3) is 0 Å². The van der Waals surface area contributed by atoms with E-state index in [2.05, 4.69) is 23.5 Å². The minimum Gasteiger partial charge on any atom is -0.506 e. The summed E-state index contributed by atoms with van der Waals surface area (Å²) in [6.45, 7) is 17.4. The summed E-state index contributed by atoms with van der Waals surface area (Å²) in [6, 6.07) is 0.475. The van der Waals surface area contributed by atoms with Gasteiger partial charge in [-0.1, -0.05) is 0 Å². The second-order valence-corrected chi connectivity index (χ2v) is 7.04. The van der Waals surface area contributed by atoms with E-state index in [1.807, 2.05) is 37.8 Å². The molecule has 7 heteroatoms. The van der Waals surface area contributed by atoms with Crippen molar-refractivity contribution < 1.29 is 41.8 Å². The summed E-state index contributed by atoms with van der Waals surface area (Å²) in [5.74, 6) is 0. The van der Waals surface area contributed by atoms with Crippen molar-refractivity contribution in [2.24, 2.45) is 0 Å². The molecule has 1 rings (SSSR count). The van der Waals surface area contributed by atoms with Gasteiger partial charge < -0.3 is 29.9 Å². The van der Waals surface area contributed by atoms with Gasteiger partial charge in [-0.3, -0.25) is 0 Å². The number of β-amino-alcohol motifs (C(OH)–C–C–N with tert-alkyl or cyclic N) is 1. The second kappa shape index (κ2) is 18.7. The third-order valence-corrected chi connectivity index (χ3v) is 1.88. The second-order valence-electron chi connectivity index (χ2n) is 7.04. The molecule has 0 unspecified atom stereocenters. The summed E-state index contributed by atoms with van der Waals surface area (Å²) in [4.78, 5) is 4.12. The molecule has 0 aromatic carbocycles. The van der Waals surface area contributed by atoms with Crippen molar-refractivity contribution >= 4 is 0 Å². The first-order chi connectivity index (χ1) is 10.8. The molecule has 0 aromatic heterocycles. The van der Waals surface area contributed by atoms with Crippen molar-refractivity contribution in [2.45, 2.75) is 79.2 Å². The molecule has 1 aliphatic rings. The van der Waals surface area contributed by atoms with E-state index in [9.17, 15) is 5.11 Å². The van der Waals surface area contributed by atoms with Crippen LogP contribution in [0.1, 0.15) is 55.4 Å². The fourth-order valence-electron chi connectivity index (χ4n) is 1.26. The number of hydrogen-bond donors (Lipinski definition) is 3. The summed E-state index contributed by atoms with van der Waals surface area (Å²) in [5, 5.41) is 25.7. The number of aliphatic hydroxyl groups excluding tert-OH is 2. The third-order valence-electron chi connectivity index (χ3n) is 1.88. The molecule has 3 N–H and O–H groups in total.